The number of allylic oxidation sites excluding steroid dienone is 2. The molecule has 130 valence electrons. The average molecular weight is 336 g/mol. The first-order valence-corrected chi connectivity index (χ1v) is 8.72. The summed E-state index contributed by atoms with van der Waals surface area (Å²) in [6, 6.07) is 11.8. The number of amides is 1. The Kier molecular flexibility index (Phi) is 5.83. The predicted molar refractivity (Wildman–Crippen MR) is 98.0 cm³/mol. The highest BCUT2D eigenvalue weighted by Crippen LogP contribution is 2.25. The molecule has 3 rings (SSSR count). The standard InChI is InChI=1S/C21H24N2O2/c1-25-20-12-6-5-11-19(20)16-23(15-17-8-7-13-22-14-17)21(24)18-9-3-2-4-10-18/h2-3,5-8,11-14,18H,4,9-10,15-16H2,1H3/t18-/m1/s1. The van der Waals surface area contributed by atoms with Gasteiger partial charge in [-0.15, -0.1) is 0 Å². The molecule has 4 heteroatoms. The molecule has 1 aliphatic carbocycles. The molecule has 25 heavy (non-hydrogen) atoms. The van der Waals surface area contributed by atoms with Crippen molar-refractivity contribution in [3.05, 3.63) is 72.1 Å². The Morgan fingerprint density at radius 2 is 2.08 bits per heavy atom. The van der Waals surface area contributed by atoms with Gasteiger partial charge in [0.1, 0.15) is 5.75 Å². The van der Waals surface area contributed by atoms with E-state index >= 15 is 0 Å². The van der Waals surface area contributed by atoms with E-state index in [9.17, 15) is 4.79 Å². The van der Waals surface area contributed by atoms with Crippen LogP contribution in [-0.4, -0.2) is 22.9 Å². The molecule has 0 bridgehead atoms. The van der Waals surface area contributed by atoms with Gasteiger partial charge in [-0.25, -0.2) is 0 Å². The Balaban J connectivity index is 1.83. The summed E-state index contributed by atoms with van der Waals surface area (Å²) in [6.07, 6.45) is 10.6. The van der Waals surface area contributed by atoms with Crippen molar-refractivity contribution < 1.29 is 9.53 Å². The molecule has 1 heterocycles. The maximum atomic E-state index is 13.1. The predicted octanol–water partition coefficient (Wildman–Crippen LogP) is 3.98. The number of rotatable bonds is 6. The van der Waals surface area contributed by atoms with Crippen LogP contribution in [0.25, 0.3) is 0 Å². The van der Waals surface area contributed by atoms with Gasteiger partial charge >= 0.3 is 0 Å². The first-order valence-electron chi connectivity index (χ1n) is 8.72. The van der Waals surface area contributed by atoms with Gasteiger partial charge < -0.3 is 9.64 Å². The van der Waals surface area contributed by atoms with Gasteiger partial charge in [0, 0.05) is 37.0 Å². The van der Waals surface area contributed by atoms with Gasteiger partial charge in [0.15, 0.2) is 0 Å². The first-order chi connectivity index (χ1) is 12.3. The van der Waals surface area contributed by atoms with Gasteiger partial charge in [0.2, 0.25) is 5.91 Å². The lowest BCUT2D eigenvalue weighted by Gasteiger charge is -2.28. The van der Waals surface area contributed by atoms with Crippen molar-refractivity contribution in [3.63, 3.8) is 0 Å². The fraction of sp³-hybridized carbons (Fsp3) is 0.333. The van der Waals surface area contributed by atoms with Crippen LogP contribution in [0.15, 0.2) is 60.9 Å². The Morgan fingerprint density at radius 1 is 1.20 bits per heavy atom. The topological polar surface area (TPSA) is 42.4 Å². The van der Waals surface area contributed by atoms with Gasteiger partial charge in [-0.1, -0.05) is 36.4 Å². The molecule has 0 fully saturated rings. The number of nitrogens with zero attached hydrogens (tertiary/aromatic N) is 2. The number of carbonyl (C=O) groups is 1. The molecule has 2 aromatic rings. The molecule has 1 aromatic carbocycles. The van der Waals surface area contributed by atoms with E-state index in [1.54, 1.807) is 13.3 Å². The lowest BCUT2D eigenvalue weighted by Crippen LogP contribution is -2.35. The number of benzene rings is 1. The van der Waals surface area contributed by atoms with Gasteiger partial charge in [-0.3, -0.25) is 9.78 Å². The lowest BCUT2D eigenvalue weighted by molar-refractivity contribution is -0.137. The van der Waals surface area contributed by atoms with E-state index in [4.69, 9.17) is 4.74 Å². The van der Waals surface area contributed by atoms with Crippen molar-refractivity contribution in [2.45, 2.75) is 32.4 Å². The first kappa shape index (κ1) is 17.2. The van der Waals surface area contributed by atoms with E-state index in [0.29, 0.717) is 13.1 Å². The van der Waals surface area contributed by atoms with Crippen LogP contribution in [-0.2, 0) is 17.9 Å². The molecule has 1 atom stereocenters. The Morgan fingerprint density at radius 3 is 2.80 bits per heavy atom. The molecule has 0 saturated heterocycles. The molecule has 4 nitrogen and oxygen atoms in total. The molecule has 0 unspecified atom stereocenters. The van der Waals surface area contributed by atoms with E-state index in [1.807, 2.05) is 47.5 Å². The van der Waals surface area contributed by atoms with Crippen molar-refractivity contribution in [2.24, 2.45) is 5.92 Å². The molecule has 0 aliphatic heterocycles. The number of ether oxygens (including phenoxy) is 1. The number of para-hydroxylation sites is 1. The maximum Gasteiger partial charge on any atom is 0.226 e. The summed E-state index contributed by atoms with van der Waals surface area (Å²) < 4.78 is 5.46. The minimum Gasteiger partial charge on any atom is -0.496 e. The average Bonchev–Trinajstić information content (AvgIpc) is 2.69. The van der Waals surface area contributed by atoms with Gasteiger partial charge in [-0.05, 0) is 37.0 Å². The molecule has 0 radical (unpaired) electrons. The second kappa shape index (κ2) is 8.47. The third-order valence-electron chi connectivity index (χ3n) is 4.58. The fourth-order valence-electron chi connectivity index (χ4n) is 3.24. The van der Waals surface area contributed by atoms with Gasteiger partial charge in [-0.2, -0.15) is 0 Å². The van der Waals surface area contributed by atoms with Crippen LogP contribution < -0.4 is 4.74 Å². The Hall–Kier alpha value is -2.62. The molecule has 1 aliphatic rings. The Bertz CT molecular complexity index is 728. The fourth-order valence-corrected chi connectivity index (χ4v) is 3.24. The van der Waals surface area contributed by atoms with Crippen LogP contribution in [0.2, 0.25) is 0 Å². The molecule has 0 spiro atoms. The van der Waals surface area contributed by atoms with Crippen molar-refractivity contribution in [1.82, 2.24) is 9.88 Å². The summed E-state index contributed by atoms with van der Waals surface area (Å²) >= 11 is 0. The van der Waals surface area contributed by atoms with Crippen LogP contribution in [0.5, 0.6) is 5.75 Å². The second-order valence-corrected chi connectivity index (χ2v) is 6.35. The normalized spacial score (nSPS) is 16.4. The summed E-state index contributed by atoms with van der Waals surface area (Å²) in [5.41, 5.74) is 2.06. The monoisotopic (exact) mass is 336 g/mol. The summed E-state index contributed by atoms with van der Waals surface area (Å²) in [4.78, 5) is 19.2. The highest BCUT2D eigenvalue weighted by Gasteiger charge is 2.25. The second-order valence-electron chi connectivity index (χ2n) is 6.35. The van der Waals surface area contributed by atoms with Crippen LogP contribution in [0.3, 0.4) is 0 Å². The SMILES string of the molecule is COc1ccccc1CN(Cc1cccnc1)C(=O)[C@@H]1CC=CCC1. The molecular formula is C21H24N2O2. The smallest absolute Gasteiger partial charge is 0.226 e. The zero-order valence-electron chi connectivity index (χ0n) is 14.6. The quantitative estimate of drug-likeness (QED) is 0.750. The number of aromatic nitrogens is 1. The minimum absolute atomic E-state index is 0.0661. The Labute approximate surface area is 149 Å². The molecule has 1 aromatic heterocycles. The van der Waals surface area contributed by atoms with Gasteiger partial charge in [0.05, 0.1) is 7.11 Å². The summed E-state index contributed by atoms with van der Waals surface area (Å²) in [7, 11) is 1.66. The number of pyridine rings is 1. The van der Waals surface area contributed by atoms with Crippen LogP contribution in [0, 0.1) is 5.92 Å². The van der Waals surface area contributed by atoms with Crippen molar-refractivity contribution >= 4 is 5.91 Å². The molecule has 0 saturated carbocycles. The third kappa shape index (κ3) is 4.47. The summed E-state index contributed by atoms with van der Waals surface area (Å²) in [6.45, 7) is 1.10. The third-order valence-corrected chi connectivity index (χ3v) is 4.58. The zero-order valence-corrected chi connectivity index (χ0v) is 14.6. The van der Waals surface area contributed by atoms with Crippen LogP contribution >= 0.6 is 0 Å². The summed E-state index contributed by atoms with van der Waals surface area (Å²) in [5, 5.41) is 0. The molecular weight excluding hydrogens is 312 g/mol. The zero-order chi connectivity index (χ0) is 17.5. The van der Waals surface area contributed by atoms with Crippen molar-refractivity contribution in [1.29, 1.82) is 0 Å². The van der Waals surface area contributed by atoms with Gasteiger partial charge in [0.25, 0.3) is 0 Å². The molecule has 0 N–H and O–H groups in total. The summed E-state index contributed by atoms with van der Waals surface area (Å²) in [5.74, 6) is 1.09. The van der Waals surface area contributed by atoms with E-state index < -0.39 is 0 Å². The van der Waals surface area contributed by atoms with E-state index in [-0.39, 0.29) is 11.8 Å². The number of methoxy groups -OCH3 is 1. The van der Waals surface area contributed by atoms with Crippen LogP contribution in [0.4, 0.5) is 0 Å². The molecule has 1 amide bonds. The number of carbonyl (C=O) groups excluding carboxylic acids is 1. The van der Waals surface area contributed by atoms with Crippen molar-refractivity contribution in [2.75, 3.05) is 7.11 Å². The number of hydrogen-bond acceptors (Lipinski definition) is 3. The van der Waals surface area contributed by atoms with Crippen molar-refractivity contribution in [3.8, 4) is 5.75 Å². The highest BCUT2D eigenvalue weighted by molar-refractivity contribution is 5.79. The van der Waals surface area contributed by atoms with E-state index in [1.165, 1.54) is 0 Å². The minimum atomic E-state index is 0.0661. The largest absolute Gasteiger partial charge is 0.496 e. The lowest BCUT2D eigenvalue weighted by atomic mass is 9.92. The van der Waals surface area contributed by atoms with E-state index in [2.05, 4.69) is 17.1 Å². The van der Waals surface area contributed by atoms with Crippen LogP contribution in [0.1, 0.15) is 30.4 Å². The van der Waals surface area contributed by atoms with E-state index in [0.717, 1.165) is 36.1 Å². The maximum absolute atomic E-state index is 13.1. The number of hydrogen-bond donors (Lipinski definition) is 0. The highest BCUT2D eigenvalue weighted by atomic mass is 16.5.